The summed E-state index contributed by atoms with van der Waals surface area (Å²) >= 11 is 0. The van der Waals surface area contributed by atoms with E-state index in [2.05, 4.69) is 0 Å². The molecule has 0 amide bonds. The van der Waals surface area contributed by atoms with Gasteiger partial charge in [-0.1, -0.05) is 133 Å². The highest BCUT2D eigenvalue weighted by Gasteiger charge is 2.18. The summed E-state index contributed by atoms with van der Waals surface area (Å²) < 4.78 is 238. The van der Waals surface area contributed by atoms with E-state index in [1.54, 1.807) is 0 Å². The molecule has 0 bridgehead atoms. The first-order valence-corrected chi connectivity index (χ1v) is 12.7. The molecular weight excluding hydrogens is 520 g/mol. The first kappa shape index (κ1) is 9.69. The number of benzene rings is 8. The van der Waals surface area contributed by atoms with E-state index in [0.29, 0.717) is 0 Å². The standard InChI is InChI=1S/C42H26O/c1-2-15-31-27(11-1)12-10-21-32(31)28-13-9-14-29(25-28)41-35-17-3-5-19-37(35)42(38-20-6-4-18-36(38)41)30-23-24-34-33-16-7-8-22-39(33)43-40(34)26-30/h1-26H/i1D,2D,3D,4D,5D,6D,7D,8D,9D,10D,11D,12D,13D,14D,15D,16D,17D,18D,19D,20D,21D,22D,23D,24D,25D,26D. The molecule has 1 nitrogen and oxygen atoms in total. The van der Waals surface area contributed by atoms with E-state index >= 15 is 0 Å². The van der Waals surface area contributed by atoms with Crippen molar-refractivity contribution in [3.8, 4) is 33.4 Å². The molecule has 0 fully saturated rings. The summed E-state index contributed by atoms with van der Waals surface area (Å²) in [6.07, 6.45) is 0. The van der Waals surface area contributed by atoms with Crippen molar-refractivity contribution in [2.45, 2.75) is 0 Å². The monoisotopic (exact) mass is 572 g/mol. The largest absolute Gasteiger partial charge is 0.456 e. The molecule has 43 heavy (non-hydrogen) atoms. The van der Waals surface area contributed by atoms with Gasteiger partial charge in [0, 0.05) is 10.8 Å². The van der Waals surface area contributed by atoms with E-state index in [-0.39, 0.29) is 5.39 Å². The molecule has 8 aromatic carbocycles. The second-order valence-electron chi connectivity index (χ2n) is 9.26. The molecule has 0 aliphatic rings. The lowest BCUT2D eigenvalue weighted by atomic mass is 9.85. The Morgan fingerprint density at radius 1 is 0.349 bits per heavy atom. The summed E-state index contributed by atoms with van der Waals surface area (Å²) in [5, 5.41) is -4.95. The van der Waals surface area contributed by atoms with Crippen LogP contribution in [0.4, 0.5) is 0 Å². The van der Waals surface area contributed by atoms with Crippen LogP contribution in [0, 0.1) is 0 Å². The molecule has 0 aliphatic carbocycles. The van der Waals surface area contributed by atoms with E-state index < -0.39 is 239 Å². The third-order valence-electron chi connectivity index (χ3n) is 6.95. The molecule has 0 atom stereocenters. The van der Waals surface area contributed by atoms with E-state index in [1.165, 1.54) is 0 Å². The van der Waals surface area contributed by atoms with Crippen molar-refractivity contribution in [1.29, 1.82) is 0 Å². The Bertz CT molecular complexity index is 3880. The van der Waals surface area contributed by atoms with Gasteiger partial charge in [0.05, 0.1) is 35.6 Å². The number of rotatable bonds is 3. The fraction of sp³-hybridized carbons (Fsp3) is 0. The zero-order valence-electron chi connectivity index (χ0n) is 47.4. The second kappa shape index (κ2) is 9.44. The quantitative estimate of drug-likeness (QED) is 0.192. The predicted octanol–water partition coefficient (Wildman–Crippen LogP) is 12.0. The molecule has 200 valence electrons. The molecule has 0 saturated carbocycles. The van der Waals surface area contributed by atoms with Crippen LogP contribution in [0.15, 0.2) is 162 Å². The van der Waals surface area contributed by atoms with Crippen LogP contribution in [0.5, 0.6) is 0 Å². The molecule has 0 spiro atoms. The number of para-hydroxylation sites is 1. The lowest BCUT2D eigenvalue weighted by Gasteiger charge is -2.18. The highest BCUT2D eigenvalue weighted by Crippen LogP contribution is 2.45. The second-order valence-corrected chi connectivity index (χ2v) is 9.26. The van der Waals surface area contributed by atoms with Crippen molar-refractivity contribution in [1.82, 2.24) is 0 Å². The van der Waals surface area contributed by atoms with Crippen LogP contribution in [-0.4, -0.2) is 0 Å². The van der Waals surface area contributed by atoms with Gasteiger partial charge in [-0.2, -0.15) is 0 Å². The Kier molecular flexibility index (Phi) is 2.13. The molecule has 1 heterocycles. The summed E-state index contributed by atoms with van der Waals surface area (Å²) in [4.78, 5) is 0. The van der Waals surface area contributed by atoms with Gasteiger partial charge in [-0.15, -0.1) is 0 Å². The van der Waals surface area contributed by atoms with Gasteiger partial charge >= 0.3 is 0 Å². The minimum absolute atomic E-state index is 0.372. The van der Waals surface area contributed by atoms with Crippen molar-refractivity contribution in [3.63, 3.8) is 0 Å². The van der Waals surface area contributed by atoms with Gasteiger partial charge < -0.3 is 4.42 Å². The summed E-state index contributed by atoms with van der Waals surface area (Å²) in [7, 11) is 0. The Labute approximate surface area is 285 Å². The fourth-order valence-electron chi connectivity index (χ4n) is 5.14. The first-order chi connectivity index (χ1) is 32.2. The normalized spacial score (nSPS) is 20.2. The van der Waals surface area contributed by atoms with Crippen molar-refractivity contribution in [3.05, 3.63) is 157 Å². The zero-order chi connectivity index (χ0) is 51.0. The summed E-state index contributed by atoms with van der Waals surface area (Å²) in [5.41, 5.74) is -5.75. The molecular formula is C42H26O. The molecule has 1 heteroatoms. The minimum atomic E-state index is -1.07. The zero-order valence-corrected chi connectivity index (χ0v) is 21.4. The number of furan rings is 1. The van der Waals surface area contributed by atoms with E-state index in [0.717, 1.165) is 0 Å². The molecule has 0 saturated heterocycles. The van der Waals surface area contributed by atoms with E-state index in [1.807, 2.05) is 0 Å². The van der Waals surface area contributed by atoms with Gasteiger partial charge in [-0.05, 0) is 89.9 Å². The van der Waals surface area contributed by atoms with Crippen molar-refractivity contribution >= 4 is 54.3 Å². The lowest BCUT2D eigenvalue weighted by molar-refractivity contribution is 0.669. The fourth-order valence-corrected chi connectivity index (χ4v) is 5.14. The number of fused-ring (bicyclic) bond motifs is 6. The SMILES string of the molecule is [2H]c1c([2H])c(-c2c([2H])c([2H])c([2H])c3c([2H])c([2H])c([2H])c([2H])c23)c([2H])c(-c2c3c([2H])c([2H])c([2H])c([2H])c3c(-c3c([2H])c([2H])c4c(oc5c([2H])c([2H])c([2H])c([2H])c54)c3[2H])c3c([2H])c([2H])c([2H])c([2H])c23)c1[2H]. The average molecular weight is 573 g/mol. The summed E-state index contributed by atoms with van der Waals surface area (Å²) in [6, 6.07) is -23.7. The molecule has 9 rings (SSSR count). The minimum Gasteiger partial charge on any atom is -0.456 e. The van der Waals surface area contributed by atoms with E-state index in [9.17, 15) is 12.3 Å². The molecule has 1 aromatic heterocycles. The van der Waals surface area contributed by atoms with Crippen molar-refractivity contribution < 1.29 is 40.1 Å². The van der Waals surface area contributed by atoms with Gasteiger partial charge in [0.2, 0.25) is 0 Å². The van der Waals surface area contributed by atoms with E-state index in [4.69, 9.17) is 27.7 Å². The third kappa shape index (κ3) is 3.72. The van der Waals surface area contributed by atoms with Crippen LogP contribution in [0.25, 0.3) is 87.6 Å². The van der Waals surface area contributed by atoms with Crippen LogP contribution >= 0.6 is 0 Å². The number of hydrogen-bond acceptors (Lipinski definition) is 1. The van der Waals surface area contributed by atoms with Crippen LogP contribution in [-0.2, 0) is 0 Å². The average Bonchev–Trinajstić information content (AvgIpc) is 3.73. The van der Waals surface area contributed by atoms with Crippen LogP contribution in [0.3, 0.4) is 0 Å². The van der Waals surface area contributed by atoms with Crippen LogP contribution in [0.2, 0.25) is 0 Å². The number of hydrogen-bond donors (Lipinski definition) is 0. The molecule has 0 N–H and O–H groups in total. The summed E-state index contributed by atoms with van der Waals surface area (Å²) in [6.45, 7) is 0. The molecule has 0 radical (unpaired) electrons. The summed E-state index contributed by atoms with van der Waals surface area (Å²) in [5.74, 6) is 0. The molecule has 9 aromatic rings. The molecule has 0 aliphatic heterocycles. The van der Waals surface area contributed by atoms with Gasteiger partial charge in [-0.25, -0.2) is 0 Å². The van der Waals surface area contributed by atoms with Gasteiger partial charge in [-0.3, -0.25) is 0 Å². The predicted molar refractivity (Wildman–Crippen MR) is 183 cm³/mol. The van der Waals surface area contributed by atoms with Gasteiger partial charge in [0.25, 0.3) is 0 Å². The van der Waals surface area contributed by atoms with Crippen LogP contribution in [0.1, 0.15) is 35.6 Å². The van der Waals surface area contributed by atoms with Crippen molar-refractivity contribution in [2.24, 2.45) is 0 Å². The Balaban J connectivity index is 1.59. The smallest absolute Gasteiger partial charge is 0.136 e. The Morgan fingerprint density at radius 3 is 1.58 bits per heavy atom. The van der Waals surface area contributed by atoms with Crippen molar-refractivity contribution in [2.75, 3.05) is 0 Å². The Morgan fingerprint density at radius 2 is 0.860 bits per heavy atom. The van der Waals surface area contributed by atoms with Crippen LogP contribution < -0.4 is 0 Å². The van der Waals surface area contributed by atoms with Gasteiger partial charge in [0.15, 0.2) is 0 Å². The first-order valence-electron chi connectivity index (χ1n) is 25.7. The highest BCUT2D eigenvalue weighted by atomic mass is 16.3. The maximum atomic E-state index is 9.78. The maximum absolute atomic E-state index is 9.78. The third-order valence-corrected chi connectivity index (χ3v) is 6.95. The topological polar surface area (TPSA) is 13.1 Å². The highest BCUT2D eigenvalue weighted by molar-refractivity contribution is 6.22. The maximum Gasteiger partial charge on any atom is 0.136 e. The Hall–Kier alpha value is -5.66. The molecule has 0 unspecified atom stereocenters. The van der Waals surface area contributed by atoms with Gasteiger partial charge in [0.1, 0.15) is 11.2 Å². The lowest BCUT2D eigenvalue weighted by Crippen LogP contribution is -1.91.